The summed E-state index contributed by atoms with van der Waals surface area (Å²) < 4.78 is 0. The van der Waals surface area contributed by atoms with E-state index in [2.05, 4.69) is 11.9 Å². The van der Waals surface area contributed by atoms with Crippen LogP contribution in [0, 0.1) is 0 Å². The standard InChI is InChI=1S/C10H12N2O/c1-2-9(11)12-10(13)8-6-4-3-5-7-8/h2-7,9H,1,11H2,(H,12,13). The molecule has 0 bridgehead atoms. The van der Waals surface area contributed by atoms with Gasteiger partial charge in [0.1, 0.15) is 0 Å². The second kappa shape index (κ2) is 4.42. The van der Waals surface area contributed by atoms with Crippen LogP contribution in [0.4, 0.5) is 0 Å². The van der Waals surface area contributed by atoms with Crippen LogP contribution < -0.4 is 11.1 Å². The predicted molar refractivity (Wildman–Crippen MR) is 52.1 cm³/mol. The molecule has 1 unspecified atom stereocenters. The lowest BCUT2D eigenvalue weighted by Gasteiger charge is -2.08. The number of amides is 1. The van der Waals surface area contributed by atoms with Gasteiger partial charge in [-0.15, -0.1) is 0 Å². The van der Waals surface area contributed by atoms with E-state index in [0.29, 0.717) is 5.56 Å². The molecule has 1 atom stereocenters. The Hall–Kier alpha value is -1.61. The number of carbonyl (C=O) groups is 1. The molecule has 68 valence electrons. The molecule has 0 aliphatic heterocycles. The molecule has 0 fully saturated rings. The highest BCUT2D eigenvalue weighted by atomic mass is 16.1. The van der Waals surface area contributed by atoms with E-state index in [1.807, 2.05) is 6.07 Å². The van der Waals surface area contributed by atoms with Gasteiger partial charge >= 0.3 is 0 Å². The van der Waals surface area contributed by atoms with Gasteiger partial charge in [-0.25, -0.2) is 0 Å². The van der Waals surface area contributed by atoms with Gasteiger partial charge in [0.25, 0.3) is 5.91 Å². The Balaban J connectivity index is 2.64. The summed E-state index contributed by atoms with van der Waals surface area (Å²) >= 11 is 0. The summed E-state index contributed by atoms with van der Waals surface area (Å²) in [5, 5.41) is 2.57. The Morgan fingerprint density at radius 1 is 1.46 bits per heavy atom. The molecule has 3 N–H and O–H groups in total. The maximum Gasteiger partial charge on any atom is 0.252 e. The zero-order chi connectivity index (χ0) is 9.68. The smallest absolute Gasteiger partial charge is 0.252 e. The second-order valence-corrected chi connectivity index (χ2v) is 2.60. The SMILES string of the molecule is C=CC(N)NC(=O)c1ccccc1. The van der Waals surface area contributed by atoms with E-state index in [1.54, 1.807) is 24.3 Å². The highest BCUT2D eigenvalue weighted by Gasteiger charge is 2.05. The highest BCUT2D eigenvalue weighted by molar-refractivity contribution is 5.94. The summed E-state index contributed by atoms with van der Waals surface area (Å²) in [6.07, 6.45) is 0.980. The molecule has 1 amide bonds. The van der Waals surface area contributed by atoms with Crippen LogP contribution in [-0.4, -0.2) is 12.1 Å². The van der Waals surface area contributed by atoms with Gasteiger partial charge in [0.15, 0.2) is 0 Å². The molecule has 0 heterocycles. The van der Waals surface area contributed by atoms with Gasteiger partial charge in [0.2, 0.25) is 0 Å². The third kappa shape index (κ3) is 2.72. The molecule has 0 spiro atoms. The van der Waals surface area contributed by atoms with Crippen LogP contribution in [0.5, 0.6) is 0 Å². The summed E-state index contributed by atoms with van der Waals surface area (Å²) in [7, 11) is 0. The van der Waals surface area contributed by atoms with Crippen LogP contribution in [0.25, 0.3) is 0 Å². The first-order valence-electron chi connectivity index (χ1n) is 3.98. The minimum Gasteiger partial charge on any atom is -0.333 e. The minimum absolute atomic E-state index is 0.187. The van der Waals surface area contributed by atoms with Crippen molar-refractivity contribution in [3.63, 3.8) is 0 Å². The van der Waals surface area contributed by atoms with Crippen molar-refractivity contribution in [3.05, 3.63) is 48.6 Å². The summed E-state index contributed by atoms with van der Waals surface area (Å²) in [5.41, 5.74) is 6.06. The molecule has 0 aliphatic rings. The molecule has 0 saturated heterocycles. The predicted octanol–water partition coefficient (Wildman–Crippen LogP) is 0.887. The normalized spacial score (nSPS) is 11.8. The third-order valence-corrected chi connectivity index (χ3v) is 1.59. The van der Waals surface area contributed by atoms with Crippen molar-refractivity contribution in [2.24, 2.45) is 5.73 Å². The van der Waals surface area contributed by atoms with Gasteiger partial charge < -0.3 is 11.1 Å². The van der Waals surface area contributed by atoms with E-state index < -0.39 is 6.17 Å². The van der Waals surface area contributed by atoms with Crippen molar-refractivity contribution in [1.29, 1.82) is 0 Å². The minimum atomic E-state index is -0.493. The number of nitrogens with one attached hydrogen (secondary N) is 1. The summed E-state index contributed by atoms with van der Waals surface area (Å²) in [4.78, 5) is 11.4. The molecule has 1 rings (SSSR count). The van der Waals surface area contributed by atoms with E-state index in [0.717, 1.165) is 0 Å². The Labute approximate surface area is 77.3 Å². The van der Waals surface area contributed by atoms with Crippen molar-refractivity contribution >= 4 is 5.91 Å². The number of rotatable bonds is 3. The Morgan fingerprint density at radius 3 is 2.62 bits per heavy atom. The number of carbonyl (C=O) groups excluding carboxylic acids is 1. The van der Waals surface area contributed by atoms with Crippen LogP contribution in [0.3, 0.4) is 0 Å². The van der Waals surface area contributed by atoms with E-state index in [1.165, 1.54) is 6.08 Å². The van der Waals surface area contributed by atoms with Crippen molar-refractivity contribution in [2.45, 2.75) is 6.17 Å². The Kier molecular flexibility index (Phi) is 3.23. The van der Waals surface area contributed by atoms with Gasteiger partial charge in [-0.3, -0.25) is 4.79 Å². The average Bonchev–Trinajstić information content (AvgIpc) is 2.19. The highest BCUT2D eigenvalue weighted by Crippen LogP contribution is 1.97. The third-order valence-electron chi connectivity index (χ3n) is 1.59. The molecule has 3 heteroatoms. The quantitative estimate of drug-likeness (QED) is 0.530. The zero-order valence-electron chi connectivity index (χ0n) is 7.23. The monoisotopic (exact) mass is 176 g/mol. The van der Waals surface area contributed by atoms with E-state index in [4.69, 9.17) is 5.73 Å². The van der Waals surface area contributed by atoms with Gasteiger partial charge in [-0.05, 0) is 12.1 Å². The van der Waals surface area contributed by atoms with Crippen molar-refractivity contribution in [1.82, 2.24) is 5.32 Å². The van der Waals surface area contributed by atoms with Crippen LogP contribution in [0.2, 0.25) is 0 Å². The van der Waals surface area contributed by atoms with Crippen molar-refractivity contribution in [2.75, 3.05) is 0 Å². The largest absolute Gasteiger partial charge is 0.333 e. The average molecular weight is 176 g/mol. The lowest BCUT2D eigenvalue weighted by atomic mass is 10.2. The first kappa shape index (κ1) is 9.48. The lowest BCUT2D eigenvalue weighted by Crippen LogP contribution is -2.39. The molecular weight excluding hydrogens is 164 g/mol. The van der Waals surface area contributed by atoms with Gasteiger partial charge in [0, 0.05) is 5.56 Å². The molecular formula is C10H12N2O. The molecule has 3 nitrogen and oxygen atoms in total. The number of nitrogens with two attached hydrogens (primary N) is 1. The summed E-state index contributed by atoms with van der Waals surface area (Å²) in [6, 6.07) is 8.91. The fourth-order valence-electron chi connectivity index (χ4n) is 0.883. The van der Waals surface area contributed by atoms with E-state index >= 15 is 0 Å². The molecule has 0 radical (unpaired) electrons. The van der Waals surface area contributed by atoms with Crippen LogP contribution in [0.1, 0.15) is 10.4 Å². The summed E-state index contributed by atoms with van der Waals surface area (Å²) in [5.74, 6) is -0.187. The fraction of sp³-hybridized carbons (Fsp3) is 0.100. The zero-order valence-corrected chi connectivity index (χ0v) is 7.23. The Bertz CT molecular complexity index is 295. The van der Waals surface area contributed by atoms with Crippen molar-refractivity contribution < 1.29 is 4.79 Å². The van der Waals surface area contributed by atoms with Gasteiger partial charge in [0.05, 0.1) is 6.17 Å². The lowest BCUT2D eigenvalue weighted by molar-refractivity contribution is 0.0945. The molecule has 0 saturated carbocycles. The molecule has 1 aromatic rings. The van der Waals surface area contributed by atoms with Crippen LogP contribution in [-0.2, 0) is 0 Å². The van der Waals surface area contributed by atoms with Gasteiger partial charge in [-0.2, -0.15) is 0 Å². The number of hydrogen-bond donors (Lipinski definition) is 2. The molecule has 1 aromatic carbocycles. The number of benzene rings is 1. The van der Waals surface area contributed by atoms with Gasteiger partial charge in [-0.1, -0.05) is 30.9 Å². The van der Waals surface area contributed by atoms with Crippen molar-refractivity contribution in [3.8, 4) is 0 Å². The van der Waals surface area contributed by atoms with Crippen LogP contribution >= 0.6 is 0 Å². The van der Waals surface area contributed by atoms with E-state index in [-0.39, 0.29) is 5.91 Å². The maximum absolute atomic E-state index is 11.4. The number of hydrogen-bond acceptors (Lipinski definition) is 2. The second-order valence-electron chi connectivity index (χ2n) is 2.60. The maximum atomic E-state index is 11.4. The first-order chi connectivity index (χ1) is 6.24. The molecule has 13 heavy (non-hydrogen) atoms. The van der Waals surface area contributed by atoms with Crippen LogP contribution in [0.15, 0.2) is 43.0 Å². The van der Waals surface area contributed by atoms with E-state index in [9.17, 15) is 4.79 Å². The molecule has 0 aromatic heterocycles. The summed E-state index contributed by atoms with van der Waals surface area (Å²) in [6.45, 7) is 3.47. The fourth-order valence-corrected chi connectivity index (χ4v) is 0.883. The Morgan fingerprint density at radius 2 is 2.08 bits per heavy atom. The topological polar surface area (TPSA) is 55.1 Å². The molecule has 0 aliphatic carbocycles. The first-order valence-corrected chi connectivity index (χ1v) is 3.98.